The van der Waals surface area contributed by atoms with Crippen LogP contribution in [-0.2, 0) is 4.79 Å². The maximum absolute atomic E-state index is 11.2. The maximum atomic E-state index is 11.2. The lowest BCUT2D eigenvalue weighted by Gasteiger charge is -2.08. The summed E-state index contributed by atoms with van der Waals surface area (Å²) in [6, 6.07) is 7.37. The first-order chi connectivity index (χ1) is 12.0. The van der Waals surface area contributed by atoms with E-state index in [0.29, 0.717) is 0 Å². The van der Waals surface area contributed by atoms with Crippen LogP contribution < -0.4 is 9.57 Å². The van der Waals surface area contributed by atoms with Gasteiger partial charge in [0.2, 0.25) is 19.0 Å². The van der Waals surface area contributed by atoms with Gasteiger partial charge in [0.15, 0.2) is 5.78 Å². The molecule has 4 rings (SSSR count). The van der Waals surface area contributed by atoms with Gasteiger partial charge in [0.1, 0.15) is 5.75 Å². The highest BCUT2D eigenvalue weighted by Gasteiger charge is 2.17. The van der Waals surface area contributed by atoms with E-state index in [2.05, 4.69) is 18.8 Å². The minimum absolute atomic E-state index is 0.0249. The largest absolute Gasteiger partial charge is 0.508 e. The molecule has 5 heteroatoms. The molecule has 0 aliphatic heterocycles. The molecule has 0 saturated carbocycles. The highest BCUT2D eigenvalue weighted by Crippen LogP contribution is 2.36. The number of hydrogen-bond donors (Lipinski definition) is 2. The number of nitrogens with one attached hydrogen (secondary N) is 1. The number of phenols is 1. The summed E-state index contributed by atoms with van der Waals surface area (Å²) in [5.74, 6) is 0.224. The molecule has 0 fully saturated rings. The monoisotopic (exact) mass is 335 g/mol. The molecule has 2 heterocycles. The zero-order chi connectivity index (χ0) is 17.7. The van der Waals surface area contributed by atoms with Crippen LogP contribution in [0.25, 0.3) is 32.6 Å². The number of fused-ring (bicyclic) bond motifs is 4. The van der Waals surface area contributed by atoms with Crippen LogP contribution in [0.2, 0.25) is 0 Å². The van der Waals surface area contributed by atoms with Crippen molar-refractivity contribution in [3.8, 4) is 5.75 Å². The van der Waals surface area contributed by atoms with Crippen molar-refractivity contribution in [3.05, 3.63) is 47.8 Å². The minimum Gasteiger partial charge on any atom is -0.508 e. The van der Waals surface area contributed by atoms with E-state index >= 15 is 0 Å². The number of hydrogen-bond acceptors (Lipinski definition) is 3. The van der Waals surface area contributed by atoms with Crippen LogP contribution >= 0.6 is 0 Å². The van der Waals surface area contributed by atoms with E-state index in [1.54, 1.807) is 16.9 Å². The van der Waals surface area contributed by atoms with Gasteiger partial charge >= 0.3 is 0 Å². The first kappa shape index (κ1) is 15.4. The first-order valence-electron chi connectivity index (χ1n) is 8.17. The zero-order valence-corrected chi connectivity index (χ0v) is 14.4. The molecule has 0 bridgehead atoms. The summed E-state index contributed by atoms with van der Waals surface area (Å²) in [4.78, 5) is 20.1. The summed E-state index contributed by atoms with van der Waals surface area (Å²) >= 11 is 0. The molecule has 0 aliphatic rings. The van der Waals surface area contributed by atoms with Crippen LogP contribution in [0, 0.1) is 13.8 Å². The van der Waals surface area contributed by atoms with Gasteiger partial charge in [-0.05, 0) is 55.5 Å². The number of benzene rings is 2. The Morgan fingerprint density at radius 1 is 1.16 bits per heavy atom. The third kappa shape index (κ3) is 2.39. The van der Waals surface area contributed by atoms with Crippen molar-refractivity contribution in [3.63, 3.8) is 0 Å². The molecule has 4 aromatic rings. The van der Waals surface area contributed by atoms with E-state index in [-0.39, 0.29) is 18.1 Å². The van der Waals surface area contributed by atoms with Gasteiger partial charge < -0.3 is 10.1 Å². The number of aromatic nitrogens is 2. The first-order valence-corrected chi connectivity index (χ1v) is 8.17. The summed E-state index contributed by atoms with van der Waals surface area (Å²) in [7, 11) is 0. The van der Waals surface area contributed by atoms with Gasteiger partial charge in [-0.1, -0.05) is 0 Å². The molecule has 2 N–H and O–H groups in total. The van der Waals surface area contributed by atoms with E-state index in [9.17, 15) is 9.90 Å². The average molecular weight is 335 g/mol. The van der Waals surface area contributed by atoms with Crippen LogP contribution in [-0.4, -0.2) is 22.5 Å². The summed E-state index contributed by atoms with van der Waals surface area (Å²) < 4.78 is 1.58. The number of rotatable bonds is 3. The van der Waals surface area contributed by atoms with Crippen molar-refractivity contribution in [2.45, 2.75) is 20.8 Å². The highest BCUT2D eigenvalue weighted by molar-refractivity contribution is 6.16. The number of aromatic amines is 1. The summed E-state index contributed by atoms with van der Waals surface area (Å²) in [5.41, 5.74) is 4.32. The standard InChI is InChI=1S/C20H18N2O3/c1-11(23)10-25-22-7-6-15-13(3)20-19(12(2)17(15)9-22)16-8-14(24)4-5-18(16)21-20/h4-9,24H,10H2,1-3H3/p+1. The molecule has 5 nitrogen and oxygen atoms in total. The number of aryl methyl sites for hydroxylation is 2. The highest BCUT2D eigenvalue weighted by atomic mass is 16.7. The molecule has 0 radical (unpaired) electrons. The second-order valence-corrected chi connectivity index (χ2v) is 6.46. The SMILES string of the molecule is CC(=O)CO[n+]1ccc2c(C)c3[nH]c4ccc(O)cc4c3c(C)c2c1. The number of H-pyrrole nitrogens is 1. The Labute approximate surface area is 144 Å². The van der Waals surface area contributed by atoms with Crippen LogP contribution in [0.3, 0.4) is 0 Å². The van der Waals surface area contributed by atoms with E-state index in [0.717, 1.165) is 43.7 Å². The number of phenolic OH excluding ortho intramolecular Hbond substituents is 1. The van der Waals surface area contributed by atoms with Gasteiger partial charge in [0.25, 0.3) is 0 Å². The smallest absolute Gasteiger partial charge is 0.230 e. The fraction of sp³-hybridized carbons (Fsp3) is 0.200. The second kappa shape index (κ2) is 5.48. The van der Waals surface area contributed by atoms with Crippen LogP contribution in [0.4, 0.5) is 0 Å². The van der Waals surface area contributed by atoms with Gasteiger partial charge in [-0.25, -0.2) is 0 Å². The summed E-state index contributed by atoms with van der Waals surface area (Å²) in [6.07, 6.45) is 3.72. The number of Topliss-reactive ketones (excluding diaryl/α,β-unsaturated/α-hetero) is 1. The molecule has 0 aliphatic carbocycles. The molecule has 0 saturated heterocycles. The average Bonchev–Trinajstić information content (AvgIpc) is 2.96. The second-order valence-electron chi connectivity index (χ2n) is 6.46. The van der Waals surface area contributed by atoms with Gasteiger partial charge in [0.05, 0.1) is 10.9 Å². The number of carbonyl (C=O) groups excluding carboxylic acids is 1. The minimum atomic E-state index is -0.0249. The lowest BCUT2D eigenvalue weighted by atomic mass is 9.97. The molecule has 0 spiro atoms. The number of aromatic hydroxyl groups is 1. The van der Waals surface area contributed by atoms with Crippen molar-refractivity contribution in [1.29, 1.82) is 0 Å². The molecule has 2 aromatic carbocycles. The Balaban J connectivity index is 2.04. The molecule has 0 unspecified atom stereocenters. The van der Waals surface area contributed by atoms with E-state index in [1.165, 1.54) is 6.92 Å². The summed E-state index contributed by atoms with van der Waals surface area (Å²) in [6.45, 7) is 5.69. The van der Waals surface area contributed by atoms with Gasteiger partial charge in [-0.15, -0.1) is 0 Å². The Morgan fingerprint density at radius 3 is 2.72 bits per heavy atom. The fourth-order valence-corrected chi connectivity index (χ4v) is 3.47. The lowest BCUT2D eigenvalue weighted by molar-refractivity contribution is -0.888. The van der Waals surface area contributed by atoms with E-state index < -0.39 is 0 Å². The fourth-order valence-electron chi connectivity index (χ4n) is 3.47. The van der Waals surface area contributed by atoms with Crippen molar-refractivity contribution < 1.29 is 19.5 Å². The van der Waals surface area contributed by atoms with Crippen molar-refractivity contribution in [2.75, 3.05) is 6.61 Å². The van der Waals surface area contributed by atoms with Gasteiger partial charge in [-0.2, -0.15) is 0 Å². The quantitative estimate of drug-likeness (QED) is 0.565. The molecule has 0 amide bonds. The van der Waals surface area contributed by atoms with Crippen molar-refractivity contribution in [1.82, 2.24) is 4.98 Å². The Hall–Kier alpha value is -3.08. The Kier molecular flexibility index (Phi) is 3.39. The topological polar surface area (TPSA) is 66.2 Å². The third-order valence-electron chi connectivity index (χ3n) is 4.69. The molecular weight excluding hydrogens is 316 g/mol. The zero-order valence-electron chi connectivity index (χ0n) is 14.4. The van der Waals surface area contributed by atoms with E-state index in [4.69, 9.17) is 4.84 Å². The molecule has 2 aromatic heterocycles. The van der Waals surface area contributed by atoms with Crippen LogP contribution in [0.5, 0.6) is 5.75 Å². The van der Waals surface area contributed by atoms with Gasteiger partial charge in [-0.3, -0.25) is 9.63 Å². The van der Waals surface area contributed by atoms with Crippen LogP contribution in [0.15, 0.2) is 36.7 Å². The number of pyridine rings is 1. The van der Waals surface area contributed by atoms with E-state index in [1.807, 2.05) is 24.5 Å². The Bertz CT molecular complexity index is 1160. The van der Waals surface area contributed by atoms with Crippen molar-refractivity contribution >= 4 is 38.4 Å². The Morgan fingerprint density at radius 2 is 1.96 bits per heavy atom. The lowest BCUT2D eigenvalue weighted by Crippen LogP contribution is -2.43. The number of nitrogens with zero attached hydrogens (tertiary/aromatic N) is 1. The molecular formula is C20H19N2O3+. The maximum Gasteiger partial charge on any atom is 0.230 e. The molecule has 0 atom stereocenters. The number of ketones is 1. The molecule has 126 valence electrons. The van der Waals surface area contributed by atoms with Gasteiger partial charge in [0, 0.05) is 27.1 Å². The normalized spacial score (nSPS) is 11.5. The van der Waals surface area contributed by atoms with Crippen molar-refractivity contribution in [2.24, 2.45) is 0 Å². The third-order valence-corrected chi connectivity index (χ3v) is 4.69. The predicted octanol–water partition coefficient (Wildman–Crippen LogP) is 3.10. The predicted molar refractivity (Wildman–Crippen MR) is 96.8 cm³/mol. The summed E-state index contributed by atoms with van der Waals surface area (Å²) in [5, 5.41) is 14.2. The van der Waals surface area contributed by atoms with Crippen LogP contribution in [0.1, 0.15) is 18.1 Å². The molecule has 25 heavy (non-hydrogen) atoms. The number of carbonyl (C=O) groups is 1.